The predicted octanol–water partition coefficient (Wildman–Crippen LogP) is 3.71. The van der Waals surface area contributed by atoms with E-state index in [1.807, 2.05) is 0 Å². The van der Waals surface area contributed by atoms with Crippen molar-refractivity contribution in [1.82, 2.24) is 9.59 Å². The Hall–Kier alpha value is -0.720. The fourth-order valence-corrected chi connectivity index (χ4v) is 2.24. The zero-order valence-electron chi connectivity index (χ0n) is 7.88. The van der Waals surface area contributed by atoms with Crippen LogP contribution in [0.5, 0.6) is 0 Å². The van der Waals surface area contributed by atoms with E-state index in [2.05, 4.69) is 30.8 Å². The molecule has 0 saturated carbocycles. The normalized spacial score (nSPS) is 10.4. The highest BCUT2D eigenvalue weighted by molar-refractivity contribution is 9.10. The maximum Gasteiger partial charge on any atom is 0.139 e. The number of anilines is 1. The average Bonchev–Trinajstić information content (AvgIpc) is 2.59. The lowest BCUT2D eigenvalue weighted by Crippen LogP contribution is -2.00. The van der Waals surface area contributed by atoms with Crippen LogP contribution in [0.25, 0.3) is 0 Å². The molecule has 1 N–H and O–H groups in total. The Morgan fingerprint density at radius 2 is 2.25 bits per heavy atom. The maximum atomic E-state index is 13.1. The van der Waals surface area contributed by atoms with Crippen molar-refractivity contribution in [3.05, 3.63) is 38.5 Å². The monoisotopic (exact) mass is 321 g/mol. The largest absolute Gasteiger partial charge is 0.379 e. The molecule has 84 valence electrons. The molecule has 0 amide bonds. The molecule has 2 rings (SSSR count). The van der Waals surface area contributed by atoms with Gasteiger partial charge in [0.1, 0.15) is 15.8 Å². The molecular weight excluding hydrogens is 317 g/mol. The van der Waals surface area contributed by atoms with Crippen LogP contribution >= 0.6 is 39.1 Å². The first-order valence-corrected chi connectivity index (χ1v) is 6.26. The van der Waals surface area contributed by atoms with Gasteiger partial charge in [-0.1, -0.05) is 32.0 Å². The van der Waals surface area contributed by atoms with Gasteiger partial charge in [-0.2, -0.15) is 0 Å². The van der Waals surface area contributed by atoms with Gasteiger partial charge in [-0.15, -0.1) is 5.10 Å². The van der Waals surface area contributed by atoms with Gasteiger partial charge < -0.3 is 5.32 Å². The molecule has 16 heavy (non-hydrogen) atoms. The Kier molecular flexibility index (Phi) is 3.73. The fraction of sp³-hybridized carbons (Fsp3) is 0.111. The number of hydrogen-bond donors (Lipinski definition) is 1. The maximum absolute atomic E-state index is 13.1. The van der Waals surface area contributed by atoms with Crippen molar-refractivity contribution < 1.29 is 4.39 Å². The lowest BCUT2D eigenvalue weighted by molar-refractivity contribution is 0.627. The summed E-state index contributed by atoms with van der Waals surface area (Å²) in [6, 6.07) is 4.57. The molecule has 0 bridgehead atoms. The van der Waals surface area contributed by atoms with E-state index in [9.17, 15) is 4.39 Å². The quantitative estimate of drug-likeness (QED) is 0.936. The lowest BCUT2D eigenvalue weighted by atomic mass is 10.3. The van der Waals surface area contributed by atoms with Gasteiger partial charge in [0.25, 0.3) is 0 Å². The van der Waals surface area contributed by atoms with Crippen molar-refractivity contribution in [2.45, 2.75) is 6.54 Å². The standard InChI is InChI=1S/C9H6BrClFN3S/c10-5-1-6(12)3-7(2-5)13-4-8-9(11)16-15-14-8/h1-3,13H,4H2. The molecule has 0 atom stereocenters. The number of nitrogens with zero attached hydrogens (tertiary/aromatic N) is 2. The molecular formula is C9H6BrClFN3S. The molecule has 0 saturated heterocycles. The van der Waals surface area contributed by atoms with Crippen molar-refractivity contribution >= 4 is 44.8 Å². The van der Waals surface area contributed by atoms with Crippen molar-refractivity contribution in [3.8, 4) is 0 Å². The Bertz CT molecular complexity index is 485. The summed E-state index contributed by atoms with van der Waals surface area (Å²) in [6.45, 7) is 0.422. The van der Waals surface area contributed by atoms with Gasteiger partial charge in [0, 0.05) is 21.7 Å². The molecule has 2 aromatic rings. The van der Waals surface area contributed by atoms with Crippen LogP contribution in [0.4, 0.5) is 10.1 Å². The highest BCUT2D eigenvalue weighted by Crippen LogP contribution is 2.21. The Balaban J connectivity index is 2.07. The molecule has 1 aromatic heterocycles. The molecule has 0 spiro atoms. The summed E-state index contributed by atoms with van der Waals surface area (Å²) in [7, 11) is 0. The zero-order valence-corrected chi connectivity index (χ0v) is 11.0. The summed E-state index contributed by atoms with van der Waals surface area (Å²) in [5.41, 5.74) is 1.32. The molecule has 0 aliphatic rings. The van der Waals surface area contributed by atoms with Crippen LogP contribution in [0, 0.1) is 5.82 Å². The molecule has 0 radical (unpaired) electrons. The second-order valence-corrected chi connectivity index (χ2v) is 5.28. The number of nitrogens with one attached hydrogen (secondary N) is 1. The van der Waals surface area contributed by atoms with Gasteiger partial charge in [0.2, 0.25) is 0 Å². The van der Waals surface area contributed by atoms with Crippen molar-refractivity contribution in [2.75, 3.05) is 5.32 Å². The summed E-state index contributed by atoms with van der Waals surface area (Å²) in [5, 5.41) is 6.86. The highest BCUT2D eigenvalue weighted by atomic mass is 79.9. The smallest absolute Gasteiger partial charge is 0.139 e. The first-order chi connectivity index (χ1) is 7.65. The second-order valence-electron chi connectivity index (χ2n) is 3.01. The van der Waals surface area contributed by atoms with Gasteiger partial charge >= 0.3 is 0 Å². The van der Waals surface area contributed by atoms with Crippen LogP contribution in [-0.2, 0) is 6.54 Å². The van der Waals surface area contributed by atoms with E-state index in [1.54, 1.807) is 6.07 Å². The van der Waals surface area contributed by atoms with Gasteiger partial charge in [0.15, 0.2) is 0 Å². The highest BCUT2D eigenvalue weighted by Gasteiger charge is 2.05. The van der Waals surface area contributed by atoms with Crippen LogP contribution in [0.1, 0.15) is 5.69 Å². The van der Waals surface area contributed by atoms with Crippen LogP contribution in [-0.4, -0.2) is 9.59 Å². The summed E-state index contributed by atoms with van der Waals surface area (Å²) in [5.74, 6) is -0.306. The Morgan fingerprint density at radius 1 is 1.44 bits per heavy atom. The molecule has 0 fully saturated rings. The van der Waals surface area contributed by atoms with Crippen LogP contribution in [0.2, 0.25) is 4.34 Å². The zero-order chi connectivity index (χ0) is 11.5. The summed E-state index contributed by atoms with van der Waals surface area (Å²) < 4.78 is 18.0. The van der Waals surface area contributed by atoms with Gasteiger partial charge in [-0.25, -0.2) is 4.39 Å². The fourth-order valence-electron chi connectivity index (χ4n) is 1.14. The molecule has 1 heterocycles. The van der Waals surface area contributed by atoms with Crippen molar-refractivity contribution in [1.29, 1.82) is 0 Å². The van der Waals surface area contributed by atoms with Crippen LogP contribution < -0.4 is 5.32 Å². The van der Waals surface area contributed by atoms with E-state index in [-0.39, 0.29) is 5.82 Å². The van der Waals surface area contributed by atoms with Gasteiger partial charge in [0.05, 0.1) is 6.54 Å². The number of halogens is 3. The molecule has 7 heteroatoms. The number of benzene rings is 1. The molecule has 0 aliphatic heterocycles. The molecule has 0 unspecified atom stereocenters. The Labute approximate surface area is 109 Å². The number of rotatable bonds is 3. The third-order valence-corrected chi connectivity index (χ3v) is 3.27. The third kappa shape index (κ3) is 2.90. The number of aromatic nitrogens is 2. The van der Waals surface area contributed by atoms with E-state index < -0.39 is 0 Å². The van der Waals surface area contributed by atoms with Crippen LogP contribution in [0.15, 0.2) is 22.7 Å². The average molecular weight is 323 g/mol. The minimum Gasteiger partial charge on any atom is -0.379 e. The first kappa shape index (κ1) is 11.8. The third-order valence-electron chi connectivity index (χ3n) is 1.83. The summed E-state index contributed by atoms with van der Waals surface area (Å²) >= 11 is 10.2. The predicted molar refractivity (Wildman–Crippen MR) is 66.3 cm³/mol. The summed E-state index contributed by atoms with van der Waals surface area (Å²) in [4.78, 5) is 0. The van der Waals surface area contributed by atoms with Crippen LogP contribution in [0.3, 0.4) is 0 Å². The van der Waals surface area contributed by atoms with Gasteiger partial charge in [-0.3, -0.25) is 0 Å². The topological polar surface area (TPSA) is 37.8 Å². The minimum absolute atomic E-state index is 0.306. The van der Waals surface area contributed by atoms with E-state index in [0.717, 1.165) is 11.5 Å². The SMILES string of the molecule is Fc1cc(Br)cc(NCc2nnsc2Cl)c1. The second kappa shape index (κ2) is 5.07. The lowest BCUT2D eigenvalue weighted by Gasteiger charge is -2.05. The van der Waals surface area contributed by atoms with Crippen molar-refractivity contribution in [2.24, 2.45) is 0 Å². The summed E-state index contributed by atoms with van der Waals surface area (Å²) in [6.07, 6.45) is 0. The number of hydrogen-bond acceptors (Lipinski definition) is 4. The van der Waals surface area contributed by atoms with Crippen molar-refractivity contribution in [3.63, 3.8) is 0 Å². The van der Waals surface area contributed by atoms with E-state index >= 15 is 0 Å². The van der Waals surface area contributed by atoms with E-state index in [0.29, 0.717) is 26.7 Å². The van der Waals surface area contributed by atoms with E-state index in [4.69, 9.17) is 11.6 Å². The molecule has 1 aromatic carbocycles. The van der Waals surface area contributed by atoms with Gasteiger partial charge in [-0.05, 0) is 18.2 Å². The molecule has 3 nitrogen and oxygen atoms in total. The molecule has 0 aliphatic carbocycles. The van der Waals surface area contributed by atoms with E-state index in [1.165, 1.54) is 12.1 Å². The first-order valence-electron chi connectivity index (χ1n) is 4.32. The minimum atomic E-state index is -0.306. The Morgan fingerprint density at radius 3 is 2.88 bits per heavy atom.